The molecule has 1 amide bonds. The molecule has 29 heavy (non-hydrogen) atoms. The Morgan fingerprint density at radius 3 is 2.55 bits per heavy atom. The molecule has 1 N–H and O–H groups in total. The van der Waals surface area contributed by atoms with Crippen molar-refractivity contribution in [2.75, 3.05) is 11.1 Å². The minimum atomic E-state index is -0.0660. The Bertz CT molecular complexity index is 954. The summed E-state index contributed by atoms with van der Waals surface area (Å²) in [5, 5.41) is 12.1. The lowest BCUT2D eigenvalue weighted by Gasteiger charge is -2.10. The minimum Gasteiger partial charge on any atom is -0.486 e. The predicted molar refractivity (Wildman–Crippen MR) is 116 cm³/mol. The molecule has 3 rings (SSSR count). The Labute approximate surface area is 175 Å². The van der Waals surface area contributed by atoms with E-state index < -0.39 is 0 Å². The number of thioether (sulfide) groups is 1. The number of rotatable bonds is 9. The number of hydrogen-bond acceptors (Lipinski definition) is 5. The Morgan fingerprint density at radius 1 is 1.10 bits per heavy atom. The van der Waals surface area contributed by atoms with E-state index in [4.69, 9.17) is 4.74 Å². The highest BCUT2D eigenvalue weighted by atomic mass is 32.2. The molecule has 0 spiro atoms. The van der Waals surface area contributed by atoms with E-state index in [1.807, 2.05) is 54.8 Å². The van der Waals surface area contributed by atoms with Crippen molar-refractivity contribution in [1.82, 2.24) is 14.8 Å². The molecule has 152 valence electrons. The SMILES string of the molecule is CCc1ccc(OCc2nnc(SCC(=O)Nc3ccccc3C)n2CC)cc1. The van der Waals surface area contributed by atoms with E-state index in [9.17, 15) is 4.79 Å². The van der Waals surface area contributed by atoms with Gasteiger partial charge in [-0.2, -0.15) is 0 Å². The number of nitrogens with zero attached hydrogens (tertiary/aromatic N) is 3. The van der Waals surface area contributed by atoms with E-state index in [-0.39, 0.29) is 11.7 Å². The molecule has 0 bridgehead atoms. The molecule has 1 heterocycles. The molecule has 0 saturated heterocycles. The molecule has 0 fully saturated rings. The van der Waals surface area contributed by atoms with E-state index in [1.54, 1.807) is 0 Å². The van der Waals surface area contributed by atoms with Crippen LogP contribution in [0.4, 0.5) is 5.69 Å². The second-order valence-corrected chi connectivity index (χ2v) is 7.52. The van der Waals surface area contributed by atoms with Crippen LogP contribution in [0.2, 0.25) is 0 Å². The maximum Gasteiger partial charge on any atom is 0.234 e. The second-order valence-electron chi connectivity index (χ2n) is 6.58. The number of hydrogen-bond donors (Lipinski definition) is 1. The van der Waals surface area contributed by atoms with Gasteiger partial charge in [0.15, 0.2) is 11.0 Å². The molecule has 0 radical (unpaired) electrons. The van der Waals surface area contributed by atoms with Crippen molar-refractivity contribution >= 4 is 23.4 Å². The molecular weight excluding hydrogens is 384 g/mol. The Hall–Kier alpha value is -2.80. The summed E-state index contributed by atoms with van der Waals surface area (Å²) >= 11 is 1.37. The van der Waals surface area contributed by atoms with Crippen LogP contribution in [0.1, 0.15) is 30.8 Å². The molecule has 3 aromatic rings. The molecule has 0 atom stereocenters. The first kappa shape index (κ1) is 20.9. The molecule has 0 saturated carbocycles. The van der Waals surface area contributed by atoms with Crippen LogP contribution in [0.3, 0.4) is 0 Å². The maximum absolute atomic E-state index is 12.3. The highest BCUT2D eigenvalue weighted by molar-refractivity contribution is 7.99. The number of aryl methyl sites for hydroxylation is 2. The topological polar surface area (TPSA) is 69.0 Å². The fourth-order valence-electron chi connectivity index (χ4n) is 2.85. The van der Waals surface area contributed by atoms with Crippen molar-refractivity contribution in [1.29, 1.82) is 0 Å². The zero-order valence-electron chi connectivity index (χ0n) is 17.0. The van der Waals surface area contributed by atoms with Gasteiger partial charge in [0.2, 0.25) is 5.91 Å². The van der Waals surface area contributed by atoms with Gasteiger partial charge in [-0.1, -0.05) is 49.0 Å². The number of aromatic nitrogens is 3. The van der Waals surface area contributed by atoms with Crippen LogP contribution < -0.4 is 10.1 Å². The van der Waals surface area contributed by atoms with Crippen molar-refractivity contribution in [3.8, 4) is 5.75 Å². The summed E-state index contributed by atoms with van der Waals surface area (Å²) in [6.07, 6.45) is 1.00. The Morgan fingerprint density at radius 2 is 1.86 bits per heavy atom. The highest BCUT2D eigenvalue weighted by Crippen LogP contribution is 2.20. The molecule has 0 aliphatic carbocycles. The van der Waals surface area contributed by atoms with Gasteiger partial charge in [0.25, 0.3) is 0 Å². The fourth-order valence-corrected chi connectivity index (χ4v) is 3.67. The molecule has 6 nitrogen and oxygen atoms in total. The number of para-hydroxylation sites is 1. The lowest BCUT2D eigenvalue weighted by Crippen LogP contribution is -2.15. The monoisotopic (exact) mass is 410 g/mol. The lowest BCUT2D eigenvalue weighted by molar-refractivity contribution is -0.113. The molecule has 0 unspecified atom stereocenters. The van der Waals surface area contributed by atoms with Crippen molar-refractivity contribution in [2.45, 2.75) is 45.5 Å². The van der Waals surface area contributed by atoms with Gasteiger partial charge in [0, 0.05) is 12.2 Å². The van der Waals surface area contributed by atoms with Crippen LogP contribution in [0, 0.1) is 6.92 Å². The molecule has 0 aliphatic heterocycles. The van der Waals surface area contributed by atoms with E-state index in [1.165, 1.54) is 17.3 Å². The number of carbonyl (C=O) groups excluding carboxylic acids is 1. The zero-order valence-corrected chi connectivity index (χ0v) is 17.8. The summed E-state index contributed by atoms with van der Waals surface area (Å²) < 4.78 is 7.83. The van der Waals surface area contributed by atoms with Crippen molar-refractivity contribution < 1.29 is 9.53 Å². The van der Waals surface area contributed by atoms with Crippen LogP contribution >= 0.6 is 11.8 Å². The van der Waals surface area contributed by atoms with E-state index >= 15 is 0 Å². The van der Waals surface area contributed by atoms with Crippen molar-refractivity contribution in [3.05, 3.63) is 65.5 Å². The number of anilines is 1. The molecule has 1 aromatic heterocycles. The van der Waals surface area contributed by atoms with E-state index in [2.05, 4.69) is 34.6 Å². The third-order valence-corrected chi connectivity index (χ3v) is 5.53. The number of benzene rings is 2. The summed E-state index contributed by atoms with van der Waals surface area (Å²) in [4.78, 5) is 12.3. The van der Waals surface area contributed by atoms with Crippen LogP contribution in [-0.4, -0.2) is 26.4 Å². The molecule has 7 heteroatoms. The van der Waals surface area contributed by atoms with Crippen LogP contribution in [0.25, 0.3) is 0 Å². The van der Waals surface area contributed by atoms with Gasteiger partial charge in [-0.15, -0.1) is 10.2 Å². The summed E-state index contributed by atoms with van der Waals surface area (Å²) in [5.41, 5.74) is 3.14. The number of amides is 1. The highest BCUT2D eigenvalue weighted by Gasteiger charge is 2.14. The largest absolute Gasteiger partial charge is 0.486 e. The third kappa shape index (κ3) is 5.60. The summed E-state index contributed by atoms with van der Waals surface area (Å²) in [6, 6.07) is 15.8. The summed E-state index contributed by atoms with van der Waals surface area (Å²) in [7, 11) is 0. The first-order chi connectivity index (χ1) is 14.1. The van der Waals surface area contributed by atoms with Crippen molar-refractivity contribution in [2.24, 2.45) is 0 Å². The molecule has 0 aliphatic rings. The first-order valence-electron chi connectivity index (χ1n) is 9.72. The normalized spacial score (nSPS) is 10.7. The standard InChI is InChI=1S/C22H26N4O2S/c1-4-17-10-12-18(13-11-17)28-14-20-24-25-22(26(20)5-2)29-15-21(27)23-19-9-7-6-8-16(19)3/h6-13H,4-5,14-15H2,1-3H3,(H,23,27). The number of carbonyl (C=O) groups is 1. The quantitative estimate of drug-likeness (QED) is 0.527. The third-order valence-electron chi connectivity index (χ3n) is 4.56. The van der Waals surface area contributed by atoms with Gasteiger partial charge in [-0.3, -0.25) is 4.79 Å². The molecule has 2 aromatic carbocycles. The summed E-state index contributed by atoms with van der Waals surface area (Å²) in [5.74, 6) is 1.75. The van der Waals surface area contributed by atoms with E-state index in [0.29, 0.717) is 18.3 Å². The zero-order chi connectivity index (χ0) is 20.6. The first-order valence-corrected chi connectivity index (χ1v) is 10.7. The van der Waals surface area contributed by atoms with E-state index in [0.717, 1.165) is 29.2 Å². The summed E-state index contributed by atoms with van der Waals surface area (Å²) in [6.45, 7) is 7.17. The lowest BCUT2D eigenvalue weighted by atomic mass is 10.2. The fraction of sp³-hybridized carbons (Fsp3) is 0.318. The van der Waals surface area contributed by atoms with Crippen LogP contribution in [0.5, 0.6) is 5.75 Å². The average molecular weight is 411 g/mol. The van der Waals surface area contributed by atoms with Crippen LogP contribution in [0.15, 0.2) is 53.7 Å². The number of ether oxygens (including phenoxy) is 1. The van der Waals surface area contributed by atoms with Gasteiger partial charge in [0.05, 0.1) is 5.75 Å². The minimum absolute atomic E-state index is 0.0660. The predicted octanol–water partition coefficient (Wildman–Crippen LogP) is 4.48. The molecular formula is C22H26N4O2S. The van der Waals surface area contributed by atoms with Crippen LogP contribution in [-0.2, 0) is 24.4 Å². The van der Waals surface area contributed by atoms with Crippen molar-refractivity contribution in [3.63, 3.8) is 0 Å². The van der Waals surface area contributed by atoms with Gasteiger partial charge in [0.1, 0.15) is 12.4 Å². The maximum atomic E-state index is 12.3. The van der Waals surface area contributed by atoms with Gasteiger partial charge >= 0.3 is 0 Å². The average Bonchev–Trinajstić information content (AvgIpc) is 3.14. The van der Waals surface area contributed by atoms with Gasteiger partial charge < -0.3 is 14.6 Å². The smallest absolute Gasteiger partial charge is 0.234 e. The second kappa shape index (κ2) is 10.1. The van der Waals surface area contributed by atoms with Gasteiger partial charge in [-0.05, 0) is 49.6 Å². The van der Waals surface area contributed by atoms with Gasteiger partial charge in [-0.25, -0.2) is 0 Å². The Kier molecular flexibility index (Phi) is 7.30. The Balaban J connectivity index is 1.57. The number of nitrogens with one attached hydrogen (secondary N) is 1.